The number of phenols is 1. The number of pyridine rings is 1. The third-order valence-electron chi connectivity index (χ3n) is 6.35. The second-order valence-electron chi connectivity index (χ2n) is 8.63. The lowest BCUT2D eigenvalue weighted by Gasteiger charge is -2.28. The standard InChI is InChI=1S/C27H25ClN4OS/c1-16-7-6-8-20(13-16)32-26(25(30-27(32)34)22-9-4-5-12-29-22)21-14-17(2)31(18(21)3)23-15-19(28)10-11-24(23)33/h4-15,25-26,33H,1-3H3,(H,30,34). The van der Waals surface area contributed by atoms with Crippen LogP contribution in [0.3, 0.4) is 0 Å². The quantitative estimate of drug-likeness (QED) is 0.328. The number of nitrogens with zero attached hydrogens (tertiary/aromatic N) is 3. The second kappa shape index (κ2) is 8.78. The molecule has 7 heteroatoms. The third kappa shape index (κ3) is 3.83. The van der Waals surface area contributed by atoms with Crippen molar-refractivity contribution in [3.63, 3.8) is 0 Å². The van der Waals surface area contributed by atoms with Gasteiger partial charge in [-0.05, 0) is 92.6 Å². The third-order valence-corrected chi connectivity index (χ3v) is 6.89. The molecule has 34 heavy (non-hydrogen) atoms. The van der Waals surface area contributed by atoms with Crippen LogP contribution >= 0.6 is 23.8 Å². The van der Waals surface area contributed by atoms with E-state index >= 15 is 0 Å². The molecule has 0 saturated carbocycles. The molecule has 3 heterocycles. The number of nitrogens with one attached hydrogen (secondary N) is 1. The van der Waals surface area contributed by atoms with Crippen molar-refractivity contribution < 1.29 is 5.11 Å². The van der Waals surface area contributed by atoms with E-state index in [4.69, 9.17) is 23.8 Å². The van der Waals surface area contributed by atoms with Crippen molar-refractivity contribution in [1.29, 1.82) is 0 Å². The van der Waals surface area contributed by atoms with Crippen molar-refractivity contribution in [2.45, 2.75) is 32.9 Å². The molecule has 0 aliphatic carbocycles. The van der Waals surface area contributed by atoms with Crippen LogP contribution in [-0.2, 0) is 0 Å². The molecule has 2 unspecified atom stereocenters. The molecule has 2 N–H and O–H groups in total. The maximum Gasteiger partial charge on any atom is 0.174 e. The first-order chi connectivity index (χ1) is 16.3. The van der Waals surface area contributed by atoms with Gasteiger partial charge in [0.15, 0.2) is 5.11 Å². The Balaban J connectivity index is 1.71. The Labute approximate surface area is 209 Å². The molecular formula is C27H25ClN4OS. The van der Waals surface area contributed by atoms with E-state index in [9.17, 15) is 5.11 Å². The number of rotatable bonds is 4. The molecule has 4 aromatic rings. The van der Waals surface area contributed by atoms with Crippen molar-refractivity contribution >= 4 is 34.6 Å². The Morgan fingerprint density at radius 1 is 1.00 bits per heavy atom. The lowest BCUT2D eigenvalue weighted by molar-refractivity contribution is 0.471. The molecule has 1 fully saturated rings. The first-order valence-corrected chi connectivity index (χ1v) is 11.9. The summed E-state index contributed by atoms with van der Waals surface area (Å²) in [7, 11) is 0. The van der Waals surface area contributed by atoms with Gasteiger partial charge in [-0.25, -0.2) is 0 Å². The van der Waals surface area contributed by atoms with Gasteiger partial charge in [-0.1, -0.05) is 29.8 Å². The van der Waals surface area contributed by atoms with Crippen LogP contribution in [0.25, 0.3) is 5.69 Å². The Hall–Kier alpha value is -3.35. The zero-order valence-corrected chi connectivity index (χ0v) is 20.7. The van der Waals surface area contributed by atoms with Gasteiger partial charge in [-0.3, -0.25) is 4.98 Å². The van der Waals surface area contributed by atoms with Gasteiger partial charge in [0.1, 0.15) is 5.75 Å². The maximum absolute atomic E-state index is 10.6. The van der Waals surface area contributed by atoms with Gasteiger partial charge in [0.05, 0.1) is 23.5 Å². The molecule has 2 aromatic heterocycles. The van der Waals surface area contributed by atoms with Crippen molar-refractivity contribution in [3.8, 4) is 11.4 Å². The molecule has 172 valence electrons. The number of halogens is 1. The van der Waals surface area contributed by atoms with Gasteiger partial charge >= 0.3 is 0 Å². The molecule has 5 rings (SSSR count). The number of aromatic nitrogens is 2. The number of phenolic OH excluding ortho intramolecular Hbond substituents is 1. The summed E-state index contributed by atoms with van der Waals surface area (Å²) in [4.78, 5) is 6.82. The highest BCUT2D eigenvalue weighted by molar-refractivity contribution is 7.80. The number of anilines is 1. The molecule has 0 amide bonds. The van der Waals surface area contributed by atoms with Crippen LogP contribution in [0.15, 0.2) is 72.9 Å². The summed E-state index contributed by atoms with van der Waals surface area (Å²) in [5.74, 6) is 0.176. The van der Waals surface area contributed by atoms with Gasteiger partial charge in [-0.2, -0.15) is 0 Å². The molecule has 0 radical (unpaired) electrons. The molecule has 1 saturated heterocycles. The van der Waals surface area contributed by atoms with Gasteiger partial charge < -0.3 is 19.9 Å². The minimum absolute atomic E-state index is 0.134. The summed E-state index contributed by atoms with van der Waals surface area (Å²) >= 11 is 12.1. The highest BCUT2D eigenvalue weighted by Crippen LogP contribution is 2.44. The number of thiocarbonyl (C=S) groups is 1. The van der Waals surface area contributed by atoms with Gasteiger partial charge in [0.2, 0.25) is 0 Å². The zero-order valence-electron chi connectivity index (χ0n) is 19.2. The van der Waals surface area contributed by atoms with E-state index in [-0.39, 0.29) is 17.8 Å². The summed E-state index contributed by atoms with van der Waals surface area (Å²) in [6.07, 6.45) is 1.81. The van der Waals surface area contributed by atoms with Gasteiger partial charge in [0.25, 0.3) is 0 Å². The highest BCUT2D eigenvalue weighted by atomic mass is 35.5. The molecule has 2 aromatic carbocycles. The molecular weight excluding hydrogens is 464 g/mol. The monoisotopic (exact) mass is 488 g/mol. The molecule has 0 spiro atoms. The van der Waals surface area contributed by atoms with Crippen LogP contribution < -0.4 is 10.2 Å². The average Bonchev–Trinajstić information content (AvgIpc) is 3.31. The summed E-state index contributed by atoms with van der Waals surface area (Å²) in [5, 5.41) is 15.4. The largest absolute Gasteiger partial charge is 0.506 e. The van der Waals surface area contributed by atoms with Crippen molar-refractivity contribution in [2.24, 2.45) is 0 Å². The molecule has 2 atom stereocenters. The fourth-order valence-corrected chi connectivity index (χ4v) is 5.37. The van der Waals surface area contributed by atoms with E-state index in [1.807, 2.05) is 35.8 Å². The summed E-state index contributed by atoms with van der Waals surface area (Å²) < 4.78 is 2.04. The highest BCUT2D eigenvalue weighted by Gasteiger charge is 2.42. The van der Waals surface area contributed by atoms with Crippen LogP contribution in [-0.4, -0.2) is 19.8 Å². The fraction of sp³-hybridized carbons (Fsp3) is 0.185. The maximum atomic E-state index is 10.6. The molecule has 5 nitrogen and oxygen atoms in total. The molecule has 1 aliphatic heterocycles. The van der Waals surface area contributed by atoms with Crippen LogP contribution in [0.1, 0.15) is 40.3 Å². The van der Waals surface area contributed by atoms with Crippen molar-refractivity contribution in [1.82, 2.24) is 14.9 Å². The molecule has 0 bridgehead atoms. The summed E-state index contributed by atoms with van der Waals surface area (Å²) in [6.45, 7) is 6.17. The number of aromatic hydroxyl groups is 1. The number of hydrogen-bond acceptors (Lipinski definition) is 3. The number of benzene rings is 2. The predicted octanol–water partition coefficient (Wildman–Crippen LogP) is 6.33. The van der Waals surface area contributed by atoms with E-state index in [0.717, 1.165) is 33.9 Å². The van der Waals surface area contributed by atoms with E-state index in [0.29, 0.717) is 15.8 Å². The summed E-state index contributed by atoms with van der Waals surface area (Å²) in [5.41, 5.74) is 6.85. The van der Waals surface area contributed by atoms with Crippen molar-refractivity contribution in [3.05, 3.63) is 106 Å². The van der Waals surface area contributed by atoms with Crippen molar-refractivity contribution in [2.75, 3.05) is 4.90 Å². The minimum Gasteiger partial charge on any atom is -0.506 e. The fourth-order valence-electron chi connectivity index (χ4n) is 4.86. The molecule has 1 aliphatic rings. The van der Waals surface area contributed by atoms with Crippen LogP contribution in [0.2, 0.25) is 5.02 Å². The van der Waals surface area contributed by atoms with E-state index < -0.39 is 0 Å². The van der Waals surface area contributed by atoms with Crippen LogP contribution in [0, 0.1) is 20.8 Å². The first-order valence-electron chi connectivity index (χ1n) is 11.1. The zero-order chi connectivity index (χ0) is 24.0. The predicted molar refractivity (Wildman–Crippen MR) is 141 cm³/mol. The Kier molecular flexibility index (Phi) is 5.80. The van der Waals surface area contributed by atoms with E-state index in [2.05, 4.69) is 53.3 Å². The first kappa shape index (κ1) is 22.4. The van der Waals surface area contributed by atoms with Crippen LogP contribution in [0.5, 0.6) is 5.75 Å². The second-order valence-corrected chi connectivity index (χ2v) is 9.45. The minimum atomic E-state index is -0.142. The Bertz CT molecular complexity index is 1380. The lowest BCUT2D eigenvalue weighted by Crippen LogP contribution is -2.29. The Morgan fingerprint density at radius 2 is 1.82 bits per heavy atom. The summed E-state index contributed by atoms with van der Waals surface area (Å²) in [6, 6.07) is 21.3. The van der Waals surface area contributed by atoms with Crippen LogP contribution in [0.4, 0.5) is 5.69 Å². The normalized spacial score (nSPS) is 17.8. The van der Waals surface area contributed by atoms with Gasteiger partial charge in [-0.15, -0.1) is 0 Å². The lowest BCUT2D eigenvalue weighted by atomic mass is 9.96. The average molecular weight is 489 g/mol. The van der Waals surface area contributed by atoms with E-state index in [1.54, 1.807) is 24.4 Å². The number of hydrogen-bond donors (Lipinski definition) is 2. The topological polar surface area (TPSA) is 53.3 Å². The van der Waals surface area contributed by atoms with E-state index in [1.165, 1.54) is 0 Å². The SMILES string of the molecule is Cc1cccc(N2C(=S)NC(c3ccccn3)C2c2cc(C)n(-c3cc(Cl)ccc3O)c2C)c1. The van der Waals surface area contributed by atoms with Gasteiger partial charge in [0, 0.05) is 28.3 Å². The Morgan fingerprint density at radius 3 is 2.56 bits per heavy atom. The smallest absolute Gasteiger partial charge is 0.174 e. The number of aryl methyl sites for hydroxylation is 2.